The molecule has 26 heavy (non-hydrogen) atoms. The molecule has 0 fully saturated rings. The van der Waals surface area contributed by atoms with Crippen LogP contribution in [-0.4, -0.2) is 46.5 Å². The molecule has 0 spiro atoms. The van der Waals surface area contributed by atoms with Crippen molar-refractivity contribution >= 4 is 45.3 Å². The summed E-state index contributed by atoms with van der Waals surface area (Å²) in [6.07, 6.45) is 0.853. The van der Waals surface area contributed by atoms with E-state index in [4.69, 9.17) is 0 Å². The van der Waals surface area contributed by atoms with Crippen LogP contribution in [0.25, 0.3) is 10.9 Å². The highest BCUT2D eigenvalue weighted by atomic mass is 127. The maximum atomic E-state index is 12.5. The summed E-state index contributed by atoms with van der Waals surface area (Å²) in [5.41, 5.74) is 3.29. The largest absolute Gasteiger partial charge is 0.350 e. The lowest BCUT2D eigenvalue weighted by Crippen LogP contribution is -2.42. The molecule has 2 aromatic carbocycles. The first-order chi connectivity index (χ1) is 12.6. The first-order valence-electron chi connectivity index (χ1n) is 8.42. The lowest BCUT2D eigenvalue weighted by Gasteiger charge is -2.28. The number of rotatable bonds is 4. The lowest BCUT2D eigenvalue weighted by atomic mass is 9.99. The van der Waals surface area contributed by atoms with Gasteiger partial charge in [-0.2, -0.15) is 5.10 Å². The highest BCUT2D eigenvalue weighted by molar-refractivity contribution is 14.1. The summed E-state index contributed by atoms with van der Waals surface area (Å²) in [4.78, 5) is 26.7. The summed E-state index contributed by atoms with van der Waals surface area (Å²) in [5.74, 6) is -0.107. The van der Waals surface area contributed by atoms with E-state index < -0.39 is 0 Å². The molecule has 0 aliphatic carbocycles. The maximum absolute atomic E-state index is 12.5. The molecule has 2 heterocycles. The maximum Gasteiger partial charge on any atom is 0.254 e. The Morgan fingerprint density at radius 2 is 2.12 bits per heavy atom. The molecule has 0 saturated carbocycles. The number of halogens is 1. The number of benzene rings is 2. The summed E-state index contributed by atoms with van der Waals surface area (Å²) in [5, 5.41) is 10.9. The molecule has 0 radical (unpaired) electrons. The quantitative estimate of drug-likeness (QED) is 0.588. The van der Waals surface area contributed by atoms with Crippen LogP contribution in [0.1, 0.15) is 26.3 Å². The number of fused-ring (bicyclic) bond motifs is 2. The lowest BCUT2D eigenvalue weighted by molar-refractivity contribution is 0.0733. The van der Waals surface area contributed by atoms with E-state index in [1.165, 1.54) is 0 Å². The van der Waals surface area contributed by atoms with E-state index in [1.54, 1.807) is 11.0 Å². The molecule has 1 aliphatic rings. The fourth-order valence-corrected chi connectivity index (χ4v) is 3.77. The zero-order valence-corrected chi connectivity index (χ0v) is 16.1. The summed E-state index contributed by atoms with van der Waals surface area (Å²) in [6, 6.07) is 13.1. The number of aromatic amines is 1. The van der Waals surface area contributed by atoms with Crippen molar-refractivity contribution in [1.82, 2.24) is 20.4 Å². The number of H-pyrrole nitrogens is 1. The van der Waals surface area contributed by atoms with Gasteiger partial charge in [-0.25, -0.2) is 0 Å². The minimum absolute atomic E-state index is 0.0375. The van der Waals surface area contributed by atoms with Crippen molar-refractivity contribution < 1.29 is 9.59 Å². The number of hydrogen-bond acceptors (Lipinski definition) is 3. The molecular weight excluding hydrogens is 443 g/mol. The Morgan fingerprint density at radius 1 is 1.27 bits per heavy atom. The third-order valence-electron chi connectivity index (χ3n) is 4.62. The fraction of sp³-hybridized carbons (Fsp3) is 0.211. The summed E-state index contributed by atoms with van der Waals surface area (Å²) in [6.45, 7) is 1.61. The topological polar surface area (TPSA) is 78.1 Å². The van der Waals surface area contributed by atoms with E-state index in [0.29, 0.717) is 25.2 Å². The SMILES string of the molecule is O=C(NCCN1CCc2ccccc2C1=O)c1ccc2n[nH]c(I)c2c1. The van der Waals surface area contributed by atoms with Crippen LogP contribution in [0.3, 0.4) is 0 Å². The average molecular weight is 460 g/mol. The van der Waals surface area contributed by atoms with Crippen LogP contribution in [0.4, 0.5) is 0 Å². The zero-order valence-electron chi connectivity index (χ0n) is 14.0. The van der Waals surface area contributed by atoms with E-state index in [2.05, 4.69) is 38.1 Å². The van der Waals surface area contributed by atoms with Crippen LogP contribution in [0, 0.1) is 3.70 Å². The first-order valence-corrected chi connectivity index (χ1v) is 9.50. The van der Waals surface area contributed by atoms with Gasteiger partial charge in [-0.05, 0) is 58.8 Å². The van der Waals surface area contributed by atoms with Gasteiger partial charge in [-0.15, -0.1) is 0 Å². The minimum atomic E-state index is -0.145. The van der Waals surface area contributed by atoms with Gasteiger partial charge in [0.1, 0.15) is 3.70 Å². The summed E-state index contributed by atoms with van der Waals surface area (Å²) >= 11 is 2.16. The van der Waals surface area contributed by atoms with E-state index in [0.717, 1.165) is 32.2 Å². The molecule has 4 rings (SSSR count). The molecule has 3 aromatic rings. The Labute approximate surface area is 164 Å². The van der Waals surface area contributed by atoms with E-state index >= 15 is 0 Å². The minimum Gasteiger partial charge on any atom is -0.350 e. The second-order valence-corrected chi connectivity index (χ2v) is 7.30. The van der Waals surface area contributed by atoms with Gasteiger partial charge in [-0.1, -0.05) is 18.2 Å². The van der Waals surface area contributed by atoms with Crippen molar-refractivity contribution in [3.8, 4) is 0 Å². The monoisotopic (exact) mass is 460 g/mol. The van der Waals surface area contributed by atoms with Crippen molar-refractivity contribution in [2.75, 3.05) is 19.6 Å². The van der Waals surface area contributed by atoms with Crippen LogP contribution in [0.5, 0.6) is 0 Å². The van der Waals surface area contributed by atoms with Gasteiger partial charge in [-0.3, -0.25) is 14.7 Å². The second-order valence-electron chi connectivity index (χ2n) is 6.22. The van der Waals surface area contributed by atoms with Crippen molar-refractivity contribution in [2.45, 2.75) is 6.42 Å². The van der Waals surface area contributed by atoms with Crippen LogP contribution < -0.4 is 5.32 Å². The van der Waals surface area contributed by atoms with Gasteiger partial charge in [0.2, 0.25) is 0 Å². The van der Waals surface area contributed by atoms with Crippen LogP contribution in [-0.2, 0) is 6.42 Å². The Balaban J connectivity index is 1.37. The number of nitrogens with one attached hydrogen (secondary N) is 2. The molecule has 0 bridgehead atoms. The van der Waals surface area contributed by atoms with Crippen LogP contribution in [0.2, 0.25) is 0 Å². The van der Waals surface area contributed by atoms with E-state index in [9.17, 15) is 9.59 Å². The van der Waals surface area contributed by atoms with E-state index in [-0.39, 0.29) is 11.8 Å². The Morgan fingerprint density at radius 3 is 3.00 bits per heavy atom. The predicted octanol–water partition coefficient (Wildman–Crippen LogP) is 2.60. The highest BCUT2D eigenvalue weighted by Crippen LogP contribution is 2.20. The molecule has 6 nitrogen and oxygen atoms in total. The highest BCUT2D eigenvalue weighted by Gasteiger charge is 2.23. The summed E-state index contributed by atoms with van der Waals surface area (Å²) in [7, 11) is 0. The van der Waals surface area contributed by atoms with Gasteiger partial charge in [0.05, 0.1) is 5.52 Å². The zero-order chi connectivity index (χ0) is 18.1. The summed E-state index contributed by atoms with van der Waals surface area (Å²) < 4.78 is 0.907. The third kappa shape index (κ3) is 3.18. The van der Waals surface area contributed by atoms with Gasteiger partial charge >= 0.3 is 0 Å². The van der Waals surface area contributed by atoms with Crippen molar-refractivity contribution in [3.05, 3.63) is 62.9 Å². The second kappa shape index (κ2) is 7.06. The van der Waals surface area contributed by atoms with Gasteiger partial charge in [0.15, 0.2) is 0 Å². The third-order valence-corrected chi connectivity index (χ3v) is 5.45. The fourth-order valence-electron chi connectivity index (χ4n) is 3.21. The molecule has 0 unspecified atom stereocenters. The molecule has 0 atom stereocenters. The molecule has 1 aliphatic heterocycles. The number of aromatic nitrogens is 2. The van der Waals surface area contributed by atoms with E-state index in [1.807, 2.05) is 36.4 Å². The van der Waals surface area contributed by atoms with Crippen LogP contribution in [0.15, 0.2) is 42.5 Å². The molecule has 7 heteroatoms. The predicted molar refractivity (Wildman–Crippen MR) is 107 cm³/mol. The Hall–Kier alpha value is -2.42. The smallest absolute Gasteiger partial charge is 0.254 e. The molecule has 2 N–H and O–H groups in total. The van der Waals surface area contributed by atoms with Crippen molar-refractivity contribution in [3.63, 3.8) is 0 Å². The number of nitrogens with zero attached hydrogens (tertiary/aromatic N) is 2. The Bertz CT molecular complexity index is 998. The van der Waals surface area contributed by atoms with Gasteiger partial charge in [0, 0.05) is 36.1 Å². The van der Waals surface area contributed by atoms with Crippen molar-refractivity contribution in [1.29, 1.82) is 0 Å². The van der Waals surface area contributed by atoms with Crippen molar-refractivity contribution in [2.24, 2.45) is 0 Å². The molecular formula is C19H17IN4O2. The first kappa shape index (κ1) is 17.0. The van der Waals surface area contributed by atoms with Gasteiger partial charge in [0.25, 0.3) is 11.8 Å². The molecule has 2 amide bonds. The normalized spacial score (nSPS) is 13.7. The molecule has 0 saturated heterocycles. The standard InChI is InChI=1S/C19H17IN4O2/c20-17-15-11-13(5-6-16(15)22-23-17)18(25)21-8-10-24-9-7-12-3-1-2-4-14(12)19(24)26/h1-6,11H,7-10H2,(H,21,25)(H,22,23). The Kier molecular flexibility index (Phi) is 4.62. The van der Waals surface area contributed by atoms with Crippen LogP contribution >= 0.6 is 22.6 Å². The molecule has 1 aromatic heterocycles. The number of hydrogen-bond donors (Lipinski definition) is 2. The molecule has 132 valence electrons. The average Bonchev–Trinajstić information content (AvgIpc) is 3.04. The number of amides is 2. The van der Waals surface area contributed by atoms with Gasteiger partial charge < -0.3 is 10.2 Å². The number of carbonyl (C=O) groups excluding carboxylic acids is 2. The number of carbonyl (C=O) groups is 2.